The largest absolute Gasteiger partial charge is 0.467 e. The molecule has 8 heteroatoms. The Hall–Kier alpha value is -2.38. The van der Waals surface area contributed by atoms with Gasteiger partial charge in [-0.25, -0.2) is 9.67 Å². The maximum absolute atomic E-state index is 6.30. The predicted molar refractivity (Wildman–Crippen MR) is 91.9 cm³/mol. The first kappa shape index (κ1) is 15.2. The van der Waals surface area contributed by atoms with Gasteiger partial charge in [-0.3, -0.25) is 0 Å². The zero-order valence-electron chi connectivity index (χ0n) is 12.5. The minimum atomic E-state index is 0.492. The van der Waals surface area contributed by atoms with E-state index in [1.807, 2.05) is 36.4 Å². The van der Waals surface area contributed by atoms with Crippen LogP contribution in [0.15, 0.2) is 58.3 Å². The summed E-state index contributed by atoms with van der Waals surface area (Å²) in [6, 6.07) is 13.7. The van der Waals surface area contributed by atoms with Gasteiger partial charge in [0, 0.05) is 16.7 Å². The van der Waals surface area contributed by atoms with Gasteiger partial charge in [-0.05, 0) is 34.7 Å². The molecule has 0 saturated carbocycles. The molecule has 0 unspecified atom stereocenters. The molecular weight excluding hydrogens is 346 g/mol. The molecule has 3 heterocycles. The third-order valence-electron chi connectivity index (χ3n) is 3.49. The fraction of sp³-hybridized carbons (Fsp3) is 0.125. The van der Waals surface area contributed by atoms with Crippen LogP contribution >= 0.6 is 23.4 Å². The van der Waals surface area contributed by atoms with Gasteiger partial charge < -0.3 is 4.42 Å². The average Bonchev–Trinajstić information content (AvgIpc) is 3.25. The van der Waals surface area contributed by atoms with Crippen molar-refractivity contribution in [2.45, 2.75) is 17.5 Å². The Morgan fingerprint density at radius 2 is 2.08 bits per heavy atom. The van der Waals surface area contributed by atoms with Crippen molar-refractivity contribution in [3.8, 4) is 0 Å². The molecule has 0 atom stereocenters. The predicted octanol–water partition coefficient (Wildman–Crippen LogP) is 3.81. The Kier molecular flexibility index (Phi) is 4.18. The van der Waals surface area contributed by atoms with Gasteiger partial charge >= 0.3 is 0 Å². The van der Waals surface area contributed by atoms with Crippen molar-refractivity contribution in [3.63, 3.8) is 0 Å². The first-order valence-electron chi connectivity index (χ1n) is 7.25. The molecule has 120 valence electrons. The van der Waals surface area contributed by atoms with E-state index in [2.05, 4.69) is 26.6 Å². The van der Waals surface area contributed by atoms with Gasteiger partial charge in [0.15, 0.2) is 0 Å². The molecule has 4 rings (SSSR count). The van der Waals surface area contributed by atoms with Crippen molar-refractivity contribution in [3.05, 3.63) is 65.2 Å². The second-order valence-corrected chi connectivity index (χ2v) is 6.42. The van der Waals surface area contributed by atoms with Crippen LogP contribution in [-0.2, 0) is 12.3 Å². The number of tetrazole rings is 1. The molecule has 0 aliphatic rings. The van der Waals surface area contributed by atoms with Gasteiger partial charge in [0.05, 0.1) is 11.8 Å². The van der Waals surface area contributed by atoms with E-state index in [1.54, 1.807) is 10.9 Å². The van der Waals surface area contributed by atoms with E-state index in [0.717, 1.165) is 22.2 Å². The quantitative estimate of drug-likeness (QED) is 0.399. The fourth-order valence-electron chi connectivity index (χ4n) is 2.33. The van der Waals surface area contributed by atoms with E-state index in [4.69, 9.17) is 16.0 Å². The van der Waals surface area contributed by atoms with Crippen molar-refractivity contribution in [2.75, 3.05) is 0 Å². The number of halogens is 1. The number of thioether (sulfide) groups is 1. The van der Waals surface area contributed by atoms with E-state index in [-0.39, 0.29) is 0 Å². The molecular formula is C16H12ClN5OS. The highest BCUT2D eigenvalue weighted by Gasteiger charge is 2.11. The Labute approximate surface area is 146 Å². The summed E-state index contributed by atoms with van der Waals surface area (Å²) < 4.78 is 7.04. The third kappa shape index (κ3) is 3.13. The summed E-state index contributed by atoms with van der Waals surface area (Å²) in [4.78, 5) is 4.44. The first-order chi connectivity index (χ1) is 11.8. The monoisotopic (exact) mass is 357 g/mol. The summed E-state index contributed by atoms with van der Waals surface area (Å²) >= 11 is 7.81. The number of para-hydroxylation sites is 1. The minimum absolute atomic E-state index is 0.492. The van der Waals surface area contributed by atoms with Crippen LogP contribution in [0.5, 0.6) is 0 Å². The lowest BCUT2D eigenvalue weighted by Gasteiger charge is -2.06. The molecule has 0 aliphatic carbocycles. The lowest BCUT2D eigenvalue weighted by atomic mass is 10.2. The number of hydrogen-bond donors (Lipinski definition) is 0. The third-order valence-corrected chi connectivity index (χ3v) is 4.82. The number of furan rings is 1. The SMILES string of the molecule is Clc1nc2ccccc2cc1CSc1nnnn1Cc1ccco1. The van der Waals surface area contributed by atoms with Crippen molar-refractivity contribution in [2.24, 2.45) is 0 Å². The number of fused-ring (bicyclic) bond motifs is 1. The lowest BCUT2D eigenvalue weighted by Crippen LogP contribution is -2.03. The van der Waals surface area contributed by atoms with Crippen LogP contribution in [0.25, 0.3) is 10.9 Å². The number of benzene rings is 1. The summed E-state index contributed by atoms with van der Waals surface area (Å²) in [5.41, 5.74) is 1.84. The average molecular weight is 358 g/mol. The van der Waals surface area contributed by atoms with Crippen LogP contribution in [0, 0.1) is 0 Å². The zero-order chi connectivity index (χ0) is 16.4. The molecule has 0 aliphatic heterocycles. The molecule has 0 spiro atoms. The summed E-state index contributed by atoms with van der Waals surface area (Å²) in [6.45, 7) is 0.492. The highest BCUT2D eigenvalue weighted by Crippen LogP contribution is 2.27. The van der Waals surface area contributed by atoms with Crippen LogP contribution < -0.4 is 0 Å². The van der Waals surface area contributed by atoms with Crippen LogP contribution in [0.1, 0.15) is 11.3 Å². The summed E-state index contributed by atoms with van der Waals surface area (Å²) in [5, 5.41) is 14.1. The zero-order valence-corrected chi connectivity index (χ0v) is 14.0. The maximum Gasteiger partial charge on any atom is 0.210 e. The maximum atomic E-state index is 6.30. The van der Waals surface area contributed by atoms with E-state index in [9.17, 15) is 0 Å². The normalized spacial score (nSPS) is 11.2. The molecule has 0 radical (unpaired) electrons. The van der Waals surface area contributed by atoms with Gasteiger partial charge in [-0.1, -0.05) is 41.6 Å². The summed E-state index contributed by atoms with van der Waals surface area (Å²) in [7, 11) is 0. The number of hydrogen-bond acceptors (Lipinski definition) is 6. The standard InChI is InChI=1S/C16H12ClN5OS/c17-15-12(8-11-4-1-2-6-14(11)18-15)10-24-16-19-20-21-22(16)9-13-5-3-7-23-13/h1-8H,9-10H2. The number of aromatic nitrogens is 5. The molecule has 0 saturated heterocycles. The molecule has 0 amide bonds. The van der Waals surface area contributed by atoms with E-state index < -0.39 is 0 Å². The minimum Gasteiger partial charge on any atom is -0.467 e. The van der Waals surface area contributed by atoms with Crippen LogP contribution in [0.2, 0.25) is 5.15 Å². The molecule has 0 bridgehead atoms. The Morgan fingerprint density at radius 1 is 1.17 bits per heavy atom. The topological polar surface area (TPSA) is 69.6 Å². The van der Waals surface area contributed by atoms with Crippen LogP contribution in [0.3, 0.4) is 0 Å². The molecule has 24 heavy (non-hydrogen) atoms. The number of pyridine rings is 1. The van der Waals surface area contributed by atoms with Gasteiger partial charge in [0.1, 0.15) is 17.5 Å². The van der Waals surface area contributed by atoms with E-state index >= 15 is 0 Å². The Balaban J connectivity index is 1.53. The molecule has 4 aromatic rings. The van der Waals surface area contributed by atoms with Crippen molar-refractivity contribution in [1.29, 1.82) is 0 Å². The van der Waals surface area contributed by atoms with Crippen molar-refractivity contribution < 1.29 is 4.42 Å². The van der Waals surface area contributed by atoms with Crippen molar-refractivity contribution in [1.82, 2.24) is 25.2 Å². The molecule has 6 nitrogen and oxygen atoms in total. The smallest absolute Gasteiger partial charge is 0.210 e. The Bertz CT molecular complexity index is 970. The van der Waals surface area contributed by atoms with Gasteiger partial charge in [0.25, 0.3) is 0 Å². The summed E-state index contributed by atoms with van der Waals surface area (Å²) in [6.07, 6.45) is 1.63. The van der Waals surface area contributed by atoms with Crippen LogP contribution in [0.4, 0.5) is 0 Å². The second-order valence-electron chi connectivity index (χ2n) is 5.12. The van der Waals surface area contributed by atoms with Gasteiger partial charge in [-0.15, -0.1) is 5.10 Å². The van der Waals surface area contributed by atoms with Gasteiger partial charge in [-0.2, -0.15) is 0 Å². The molecule has 3 aromatic heterocycles. The van der Waals surface area contributed by atoms with Crippen LogP contribution in [-0.4, -0.2) is 25.2 Å². The number of nitrogens with zero attached hydrogens (tertiary/aromatic N) is 5. The van der Waals surface area contributed by atoms with Crippen molar-refractivity contribution >= 4 is 34.3 Å². The summed E-state index contributed by atoms with van der Waals surface area (Å²) in [5.74, 6) is 1.43. The van der Waals surface area contributed by atoms with E-state index in [0.29, 0.717) is 22.6 Å². The lowest BCUT2D eigenvalue weighted by molar-refractivity contribution is 0.462. The second kappa shape index (κ2) is 6.62. The van der Waals surface area contributed by atoms with Gasteiger partial charge in [0.2, 0.25) is 5.16 Å². The highest BCUT2D eigenvalue weighted by molar-refractivity contribution is 7.98. The number of rotatable bonds is 5. The molecule has 0 N–H and O–H groups in total. The van der Waals surface area contributed by atoms with E-state index in [1.165, 1.54) is 11.8 Å². The highest BCUT2D eigenvalue weighted by atomic mass is 35.5. The fourth-order valence-corrected chi connectivity index (χ4v) is 3.47. The molecule has 1 aromatic carbocycles. The first-order valence-corrected chi connectivity index (χ1v) is 8.61. The molecule has 0 fully saturated rings. The Morgan fingerprint density at radius 3 is 2.96 bits per heavy atom.